The molecule has 0 fully saturated rings. The first-order valence-corrected chi connectivity index (χ1v) is 8.49. The number of rotatable bonds is 8. The molecular formula is C18H16BrClN2O3. The number of amides is 1. The van der Waals surface area contributed by atoms with Crippen LogP contribution in [0, 0.1) is 0 Å². The van der Waals surface area contributed by atoms with Crippen LogP contribution in [0.15, 0.2) is 64.7 Å². The molecule has 0 atom stereocenters. The Kier molecular flexibility index (Phi) is 7.50. The maximum atomic E-state index is 11.7. The smallest absolute Gasteiger partial charge is 0.277 e. The van der Waals surface area contributed by atoms with Crippen molar-refractivity contribution in [2.45, 2.75) is 0 Å². The van der Waals surface area contributed by atoms with Gasteiger partial charge in [-0.25, -0.2) is 5.43 Å². The molecule has 5 nitrogen and oxygen atoms in total. The number of hydrogen-bond acceptors (Lipinski definition) is 4. The van der Waals surface area contributed by atoms with Gasteiger partial charge in [0.25, 0.3) is 5.91 Å². The summed E-state index contributed by atoms with van der Waals surface area (Å²) in [7, 11) is 0. The number of nitrogens with one attached hydrogen (secondary N) is 1. The summed E-state index contributed by atoms with van der Waals surface area (Å²) >= 11 is 9.19. The first-order chi connectivity index (χ1) is 12.1. The summed E-state index contributed by atoms with van der Waals surface area (Å²) in [4.78, 5) is 11.7. The summed E-state index contributed by atoms with van der Waals surface area (Å²) in [5.74, 6) is 0.899. The predicted molar refractivity (Wildman–Crippen MR) is 103 cm³/mol. The molecule has 0 heterocycles. The largest absolute Gasteiger partial charge is 0.488 e. The molecule has 2 aromatic carbocycles. The van der Waals surface area contributed by atoms with Crippen molar-refractivity contribution in [2.75, 3.05) is 13.2 Å². The van der Waals surface area contributed by atoms with Crippen LogP contribution in [0.25, 0.3) is 0 Å². The minimum atomic E-state index is -0.365. The van der Waals surface area contributed by atoms with E-state index in [1.165, 1.54) is 6.21 Å². The number of carbonyl (C=O) groups is 1. The van der Waals surface area contributed by atoms with E-state index in [9.17, 15) is 4.79 Å². The molecule has 0 aliphatic heterocycles. The van der Waals surface area contributed by atoms with Crippen LogP contribution < -0.4 is 14.9 Å². The van der Waals surface area contributed by atoms with Gasteiger partial charge in [-0.15, -0.1) is 0 Å². The van der Waals surface area contributed by atoms with Crippen molar-refractivity contribution in [3.63, 3.8) is 0 Å². The van der Waals surface area contributed by atoms with Crippen LogP contribution in [0.4, 0.5) is 0 Å². The van der Waals surface area contributed by atoms with Gasteiger partial charge in [0.2, 0.25) is 0 Å². The van der Waals surface area contributed by atoms with Gasteiger partial charge in [0.05, 0.1) is 10.7 Å². The van der Waals surface area contributed by atoms with E-state index in [1.807, 2.05) is 12.1 Å². The van der Waals surface area contributed by atoms with E-state index in [4.69, 9.17) is 21.1 Å². The van der Waals surface area contributed by atoms with E-state index in [1.54, 1.807) is 36.4 Å². The average Bonchev–Trinajstić information content (AvgIpc) is 2.60. The van der Waals surface area contributed by atoms with Crippen LogP contribution >= 0.6 is 27.5 Å². The molecule has 0 saturated heterocycles. The van der Waals surface area contributed by atoms with Crippen LogP contribution in [0.3, 0.4) is 0 Å². The van der Waals surface area contributed by atoms with E-state index in [0.717, 1.165) is 10.0 Å². The lowest BCUT2D eigenvalue weighted by atomic mass is 10.2. The zero-order chi connectivity index (χ0) is 18.1. The van der Waals surface area contributed by atoms with E-state index in [-0.39, 0.29) is 12.5 Å². The van der Waals surface area contributed by atoms with Gasteiger partial charge in [0.15, 0.2) is 6.61 Å². The molecule has 0 spiro atoms. The quantitative estimate of drug-likeness (QED) is 0.393. The van der Waals surface area contributed by atoms with E-state index in [0.29, 0.717) is 23.1 Å². The van der Waals surface area contributed by atoms with E-state index < -0.39 is 0 Å². The molecule has 1 N–H and O–H groups in total. The number of hydrogen-bond donors (Lipinski definition) is 1. The third kappa shape index (κ3) is 6.60. The van der Waals surface area contributed by atoms with Crippen molar-refractivity contribution in [2.24, 2.45) is 5.10 Å². The van der Waals surface area contributed by atoms with E-state index in [2.05, 4.69) is 33.0 Å². The molecular weight excluding hydrogens is 408 g/mol. The zero-order valence-corrected chi connectivity index (χ0v) is 15.6. The first-order valence-electron chi connectivity index (χ1n) is 7.32. The van der Waals surface area contributed by atoms with Gasteiger partial charge >= 0.3 is 0 Å². The van der Waals surface area contributed by atoms with Crippen LogP contribution in [0.5, 0.6) is 11.5 Å². The van der Waals surface area contributed by atoms with Gasteiger partial charge in [-0.3, -0.25) is 4.79 Å². The Hall–Kier alpha value is -2.31. The van der Waals surface area contributed by atoms with Gasteiger partial charge in [-0.05, 0) is 64.0 Å². The molecule has 7 heteroatoms. The predicted octanol–water partition coefficient (Wildman–Crippen LogP) is 4.20. The summed E-state index contributed by atoms with van der Waals surface area (Å²) in [6.07, 6.45) is 3.20. The number of nitrogens with zero attached hydrogens (tertiary/aromatic N) is 1. The maximum Gasteiger partial charge on any atom is 0.277 e. The van der Waals surface area contributed by atoms with Crippen molar-refractivity contribution in [1.82, 2.24) is 5.43 Å². The molecule has 0 saturated carbocycles. The molecule has 25 heavy (non-hydrogen) atoms. The Bertz CT molecular complexity index is 763. The van der Waals surface area contributed by atoms with Crippen LogP contribution in [-0.2, 0) is 4.79 Å². The van der Waals surface area contributed by atoms with Crippen molar-refractivity contribution in [1.29, 1.82) is 0 Å². The fraction of sp³-hybridized carbons (Fsp3) is 0.111. The fourth-order valence-corrected chi connectivity index (χ4v) is 2.39. The highest BCUT2D eigenvalue weighted by Crippen LogP contribution is 2.25. The maximum absolute atomic E-state index is 11.7. The highest BCUT2D eigenvalue weighted by Gasteiger charge is 2.03. The van der Waals surface area contributed by atoms with Gasteiger partial charge in [-0.1, -0.05) is 24.3 Å². The lowest BCUT2D eigenvalue weighted by molar-refractivity contribution is -0.123. The molecule has 0 bridgehead atoms. The summed E-state index contributed by atoms with van der Waals surface area (Å²) in [5.41, 5.74) is 3.20. The third-order valence-corrected chi connectivity index (χ3v) is 3.77. The van der Waals surface area contributed by atoms with E-state index >= 15 is 0 Å². The number of ether oxygens (including phenoxy) is 2. The Morgan fingerprint density at radius 3 is 2.68 bits per heavy atom. The average molecular weight is 424 g/mol. The number of benzene rings is 2. The van der Waals surface area contributed by atoms with Gasteiger partial charge in [0.1, 0.15) is 18.1 Å². The highest BCUT2D eigenvalue weighted by atomic mass is 79.9. The molecule has 1 amide bonds. The molecule has 0 aliphatic rings. The number of carbonyl (C=O) groups excluding carboxylic acids is 1. The normalized spacial score (nSPS) is 10.5. The van der Waals surface area contributed by atoms with Gasteiger partial charge in [-0.2, -0.15) is 5.10 Å². The lowest BCUT2D eigenvalue weighted by Crippen LogP contribution is -2.24. The van der Waals surface area contributed by atoms with Crippen molar-refractivity contribution < 1.29 is 14.3 Å². The van der Waals surface area contributed by atoms with Crippen molar-refractivity contribution in [3.05, 3.63) is 70.2 Å². The summed E-state index contributed by atoms with van der Waals surface area (Å²) < 4.78 is 11.6. The zero-order valence-electron chi connectivity index (χ0n) is 13.2. The third-order valence-electron chi connectivity index (χ3n) is 2.90. The van der Waals surface area contributed by atoms with Gasteiger partial charge in [0, 0.05) is 5.02 Å². The van der Waals surface area contributed by atoms with Crippen LogP contribution in [0.2, 0.25) is 5.02 Å². The highest BCUT2D eigenvalue weighted by molar-refractivity contribution is 9.10. The van der Waals surface area contributed by atoms with Crippen molar-refractivity contribution >= 4 is 39.7 Å². The second-order valence-corrected chi connectivity index (χ2v) is 6.12. The Balaban J connectivity index is 1.81. The molecule has 0 unspecified atom stereocenters. The Morgan fingerprint density at radius 1 is 1.24 bits per heavy atom. The summed E-state index contributed by atoms with van der Waals surface area (Å²) in [5, 5.41) is 4.50. The number of halogens is 2. The minimum absolute atomic E-state index is 0.142. The molecule has 0 aromatic heterocycles. The van der Waals surface area contributed by atoms with Crippen LogP contribution in [-0.4, -0.2) is 25.3 Å². The minimum Gasteiger partial charge on any atom is -0.488 e. The monoisotopic (exact) mass is 422 g/mol. The topological polar surface area (TPSA) is 59.9 Å². The van der Waals surface area contributed by atoms with Crippen molar-refractivity contribution in [3.8, 4) is 11.5 Å². The summed E-state index contributed by atoms with van der Waals surface area (Å²) in [6.45, 7) is 3.88. The lowest BCUT2D eigenvalue weighted by Gasteiger charge is -2.06. The molecule has 0 aliphatic carbocycles. The SMILES string of the molecule is C=CCOc1ccc(/C=N\NC(=O)COc2ccc(Cl)cc2)cc1Br. The second-order valence-electron chi connectivity index (χ2n) is 4.83. The Labute approximate surface area is 159 Å². The first kappa shape index (κ1) is 19.0. The second kappa shape index (κ2) is 9.86. The summed E-state index contributed by atoms with van der Waals surface area (Å²) in [6, 6.07) is 12.2. The molecule has 0 radical (unpaired) electrons. The van der Waals surface area contributed by atoms with Gasteiger partial charge < -0.3 is 9.47 Å². The fourth-order valence-electron chi connectivity index (χ4n) is 1.75. The number of hydrazone groups is 1. The molecule has 130 valence electrons. The molecule has 2 aromatic rings. The molecule has 2 rings (SSSR count). The Morgan fingerprint density at radius 2 is 2.00 bits per heavy atom. The standard InChI is InChI=1S/C18H16BrClN2O3/c1-2-9-24-17-8-3-13(10-16(17)19)11-21-22-18(23)12-25-15-6-4-14(20)5-7-15/h2-8,10-11H,1,9,12H2,(H,22,23)/b21-11-. The van der Waals surface area contributed by atoms with Crippen LogP contribution in [0.1, 0.15) is 5.56 Å².